The first kappa shape index (κ1) is 10.1. The largest absolute Gasteiger partial charge is 0.472 e. The van der Waals surface area contributed by atoms with Crippen molar-refractivity contribution in [2.24, 2.45) is 5.10 Å². The zero-order valence-corrected chi connectivity index (χ0v) is 8.33. The molecule has 2 rings (SSSR count). The summed E-state index contributed by atoms with van der Waals surface area (Å²) < 4.78 is 4.84. The van der Waals surface area contributed by atoms with Crippen molar-refractivity contribution in [3.05, 3.63) is 54.2 Å². The topological polar surface area (TPSA) is 67.5 Å². The maximum Gasteiger partial charge on any atom is 0.272 e. The van der Waals surface area contributed by atoms with Crippen LogP contribution >= 0.6 is 0 Å². The molecule has 1 N–H and O–H groups in total. The molecule has 0 unspecified atom stereocenters. The fourth-order valence-electron chi connectivity index (χ4n) is 1.08. The highest BCUT2D eigenvalue weighted by Gasteiger charge is 2.02. The lowest BCUT2D eigenvalue weighted by Crippen LogP contribution is -2.17. The summed E-state index contributed by atoms with van der Waals surface area (Å²) >= 11 is 0. The number of amides is 1. The van der Waals surface area contributed by atoms with Gasteiger partial charge in [0.2, 0.25) is 0 Å². The molecule has 1 amide bonds. The fraction of sp³-hybridized carbons (Fsp3) is 0. The molecule has 0 bridgehead atoms. The SMILES string of the molecule is O=C(N/N=C/c1ccoc1)c1cccnc1. The van der Waals surface area contributed by atoms with Crippen molar-refractivity contribution in [2.45, 2.75) is 0 Å². The van der Waals surface area contributed by atoms with E-state index in [1.165, 1.54) is 24.9 Å². The van der Waals surface area contributed by atoms with Crippen molar-refractivity contribution >= 4 is 12.1 Å². The van der Waals surface area contributed by atoms with E-state index in [4.69, 9.17) is 4.42 Å². The average Bonchev–Trinajstić information content (AvgIpc) is 2.83. The fourth-order valence-corrected chi connectivity index (χ4v) is 1.08. The van der Waals surface area contributed by atoms with Gasteiger partial charge in [-0.05, 0) is 18.2 Å². The number of hydrazone groups is 1. The Morgan fingerprint density at radius 2 is 2.44 bits per heavy atom. The minimum atomic E-state index is -0.298. The maximum absolute atomic E-state index is 11.5. The number of hydrogen-bond donors (Lipinski definition) is 1. The van der Waals surface area contributed by atoms with Gasteiger partial charge >= 0.3 is 0 Å². The van der Waals surface area contributed by atoms with E-state index in [2.05, 4.69) is 15.5 Å². The van der Waals surface area contributed by atoms with Gasteiger partial charge in [-0.15, -0.1) is 0 Å². The molecule has 0 saturated heterocycles. The zero-order chi connectivity index (χ0) is 11.2. The molecule has 0 aliphatic rings. The third-order valence-corrected chi connectivity index (χ3v) is 1.85. The van der Waals surface area contributed by atoms with Crippen molar-refractivity contribution in [3.63, 3.8) is 0 Å². The van der Waals surface area contributed by atoms with E-state index in [1.807, 2.05) is 0 Å². The van der Waals surface area contributed by atoms with E-state index in [0.717, 1.165) is 5.56 Å². The number of aromatic nitrogens is 1. The molecular formula is C11H9N3O2. The van der Waals surface area contributed by atoms with E-state index in [9.17, 15) is 4.79 Å². The van der Waals surface area contributed by atoms with Gasteiger partial charge in [0.15, 0.2) is 0 Å². The van der Waals surface area contributed by atoms with Gasteiger partial charge in [-0.25, -0.2) is 5.43 Å². The number of carbonyl (C=O) groups is 1. The molecule has 0 aliphatic carbocycles. The molecule has 0 spiro atoms. The molecule has 0 aromatic carbocycles. The van der Waals surface area contributed by atoms with Crippen molar-refractivity contribution in [3.8, 4) is 0 Å². The lowest BCUT2D eigenvalue weighted by Gasteiger charge is -1.97. The summed E-state index contributed by atoms with van der Waals surface area (Å²) in [6.07, 6.45) is 7.63. The lowest BCUT2D eigenvalue weighted by atomic mass is 10.3. The van der Waals surface area contributed by atoms with E-state index in [-0.39, 0.29) is 5.91 Å². The van der Waals surface area contributed by atoms with E-state index in [0.29, 0.717) is 5.56 Å². The predicted octanol–water partition coefficient (Wildman–Crippen LogP) is 1.44. The normalized spacial score (nSPS) is 10.5. The Bertz CT molecular complexity index is 477. The second kappa shape index (κ2) is 4.88. The molecule has 5 heteroatoms. The summed E-state index contributed by atoms with van der Waals surface area (Å²) in [5.74, 6) is -0.298. The maximum atomic E-state index is 11.5. The number of nitrogens with zero attached hydrogens (tertiary/aromatic N) is 2. The number of hydrogen-bond acceptors (Lipinski definition) is 4. The first-order valence-electron chi connectivity index (χ1n) is 4.62. The van der Waals surface area contributed by atoms with Gasteiger partial charge in [-0.2, -0.15) is 5.10 Å². The van der Waals surface area contributed by atoms with Crippen LogP contribution in [0, 0.1) is 0 Å². The molecular weight excluding hydrogens is 206 g/mol. The monoisotopic (exact) mass is 215 g/mol. The summed E-state index contributed by atoms with van der Waals surface area (Å²) in [6.45, 7) is 0. The van der Waals surface area contributed by atoms with E-state index in [1.54, 1.807) is 24.4 Å². The molecule has 5 nitrogen and oxygen atoms in total. The van der Waals surface area contributed by atoms with E-state index < -0.39 is 0 Å². The third kappa shape index (κ3) is 2.54. The van der Waals surface area contributed by atoms with Crippen LogP contribution in [0.5, 0.6) is 0 Å². The van der Waals surface area contributed by atoms with Crippen LogP contribution < -0.4 is 5.43 Å². The van der Waals surface area contributed by atoms with Crippen LogP contribution in [0.4, 0.5) is 0 Å². The molecule has 0 aliphatic heterocycles. The van der Waals surface area contributed by atoms with Crippen molar-refractivity contribution in [1.29, 1.82) is 0 Å². The molecule has 80 valence electrons. The van der Waals surface area contributed by atoms with Gasteiger partial charge in [-0.3, -0.25) is 9.78 Å². The minimum Gasteiger partial charge on any atom is -0.472 e. The lowest BCUT2D eigenvalue weighted by molar-refractivity contribution is 0.0955. The summed E-state index contributed by atoms with van der Waals surface area (Å²) in [4.78, 5) is 15.3. The second-order valence-corrected chi connectivity index (χ2v) is 3.00. The number of nitrogens with one attached hydrogen (secondary N) is 1. The molecule has 2 aromatic rings. The molecule has 16 heavy (non-hydrogen) atoms. The van der Waals surface area contributed by atoms with Crippen molar-refractivity contribution in [2.75, 3.05) is 0 Å². The highest BCUT2D eigenvalue weighted by molar-refractivity contribution is 5.94. The van der Waals surface area contributed by atoms with Crippen LogP contribution in [0.15, 0.2) is 52.6 Å². The highest BCUT2D eigenvalue weighted by Crippen LogP contribution is 1.96. The standard InChI is InChI=1S/C11H9N3O2/c15-11(10-2-1-4-12-7-10)14-13-6-9-3-5-16-8-9/h1-8H,(H,14,15)/b13-6+. The quantitative estimate of drug-likeness (QED) is 0.622. The van der Waals surface area contributed by atoms with Crippen LogP contribution in [-0.4, -0.2) is 17.1 Å². The predicted molar refractivity (Wildman–Crippen MR) is 58.0 cm³/mol. The zero-order valence-electron chi connectivity index (χ0n) is 8.33. The van der Waals surface area contributed by atoms with Crippen LogP contribution in [0.3, 0.4) is 0 Å². The number of carbonyl (C=O) groups excluding carboxylic acids is 1. The van der Waals surface area contributed by atoms with Gasteiger partial charge in [0.05, 0.1) is 24.3 Å². The molecule has 0 fully saturated rings. The van der Waals surface area contributed by atoms with Crippen LogP contribution in [0.25, 0.3) is 0 Å². The number of pyridine rings is 1. The average molecular weight is 215 g/mol. The third-order valence-electron chi connectivity index (χ3n) is 1.85. The molecule has 2 heterocycles. The van der Waals surface area contributed by atoms with Gasteiger partial charge < -0.3 is 4.42 Å². The Morgan fingerprint density at radius 1 is 1.50 bits per heavy atom. The second-order valence-electron chi connectivity index (χ2n) is 3.00. The van der Waals surface area contributed by atoms with Crippen molar-refractivity contribution < 1.29 is 9.21 Å². The Labute approximate surface area is 91.8 Å². The van der Waals surface area contributed by atoms with Gasteiger partial charge in [0.1, 0.15) is 0 Å². The van der Waals surface area contributed by atoms with Crippen molar-refractivity contribution in [1.82, 2.24) is 10.4 Å². The van der Waals surface area contributed by atoms with Crippen LogP contribution in [0.2, 0.25) is 0 Å². The molecule has 0 atom stereocenters. The van der Waals surface area contributed by atoms with Gasteiger partial charge in [0.25, 0.3) is 5.91 Å². The Kier molecular flexibility index (Phi) is 3.08. The summed E-state index contributed by atoms with van der Waals surface area (Å²) in [7, 11) is 0. The molecule has 0 saturated carbocycles. The van der Waals surface area contributed by atoms with E-state index >= 15 is 0 Å². The summed E-state index contributed by atoms with van der Waals surface area (Å²) in [5.41, 5.74) is 3.63. The van der Waals surface area contributed by atoms with Gasteiger partial charge in [0, 0.05) is 18.0 Å². The van der Waals surface area contributed by atoms with Crippen LogP contribution in [-0.2, 0) is 0 Å². The molecule has 2 aromatic heterocycles. The smallest absolute Gasteiger partial charge is 0.272 e. The Hall–Kier alpha value is -2.43. The first-order valence-corrected chi connectivity index (χ1v) is 4.62. The molecule has 0 radical (unpaired) electrons. The number of furan rings is 1. The van der Waals surface area contributed by atoms with Gasteiger partial charge in [-0.1, -0.05) is 0 Å². The summed E-state index contributed by atoms with van der Waals surface area (Å²) in [5, 5.41) is 3.78. The Morgan fingerprint density at radius 3 is 3.12 bits per heavy atom. The Balaban J connectivity index is 1.94. The summed E-state index contributed by atoms with van der Waals surface area (Å²) in [6, 6.07) is 5.09. The first-order chi connectivity index (χ1) is 7.86. The minimum absolute atomic E-state index is 0.298. The number of rotatable bonds is 3. The highest BCUT2D eigenvalue weighted by atomic mass is 16.3. The van der Waals surface area contributed by atoms with Crippen LogP contribution in [0.1, 0.15) is 15.9 Å².